The first kappa shape index (κ1) is 18.6. The van der Waals surface area contributed by atoms with Crippen molar-refractivity contribution in [2.45, 2.75) is 26.3 Å². The molecule has 30 heavy (non-hydrogen) atoms. The van der Waals surface area contributed by atoms with Crippen LogP contribution in [0.2, 0.25) is 0 Å². The highest BCUT2D eigenvalue weighted by Gasteiger charge is 2.45. The number of amides is 1. The van der Waals surface area contributed by atoms with Gasteiger partial charge in [0, 0.05) is 0 Å². The van der Waals surface area contributed by atoms with E-state index < -0.39 is 17.8 Å². The van der Waals surface area contributed by atoms with Gasteiger partial charge in [-0.15, -0.1) is 10.2 Å². The number of hydrogen-bond donors (Lipinski definition) is 0. The predicted octanol–water partition coefficient (Wildman–Crippen LogP) is 4.40. The van der Waals surface area contributed by atoms with Crippen LogP contribution in [0.4, 0.5) is 9.52 Å². The molecule has 1 aliphatic rings. The molecule has 0 fully saturated rings. The highest BCUT2D eigenvalue weighted by Crippen LogP contribution is 2.42. The Hall–Kier alpha value is -3.39. The number of carbonyl (C=O) groups is 1. The van der Waals surface area contributed by atoms with E-state index in [9.17, 15) is 14.0 Å². The van der Waals surface area contributed by atoms with Crippen molar-refractivity contribution in [2.75, 3.05) is 4.90 Å². The van der Waals surface area contributed by atoms with Crippen molar-refractivity contribution in [3.05, 3.63) is 86.0 Å². The van der Waals surface area contributed by atoms with Crippen molar-refractivity contribution in [1.29, 1.82) is 0 Å². The first-order valence-corrected chi connectivity index (χ1v) is 10.3. The van der Waals surface area contributed by atoms with Crippen molar-refractivity contribution in [3.8, 4) is 0 Å². The van der Waals surface area contributed by atoms with Crippen LogP contribution in [0.5, 0.6) is 0 Å². The molecular formula is C22H16FN3O3S. The summed E-state index contributed by atoms with van der Waals surface area (Å²) in [5, 5.41) is 9.74. The maximum absolute atomic E-state index is 14.1. The molecule has 3 heterocycles. The van der Waals surface area contributed by atoms with E-state index in [-0.39, 0.29) is 16.8 Å². The third kappa shape index (κ3) is 2.75. The fourth-order valence-corrected chi connectivity index (χ4v) is 4.57. The molecule has 5 rings (SSSR count). The Labute approximate surface area is 174 Å². The second kappa shape index (κ2) is 6.84. The fraction of sp³-hybridized carbons (Fsp3) is 0.182. The summed E-state index contributed by atoms with van der Waals surface area (Å²) in [6.07, 6.45) is 0.664. The van der Waals surface area contributed by atoms with Crippen LogP contribution in [-0.2, 0) is 6.42 Å². The molecule has 0 N–H and O–H groups in total. The molecule has 0 saturated carbocycles. The Morgan fingerprint density at radius 1 is 1.17 bits per heavy atom. The van der Waals surface area contributed by atoms with Crippen LogP contribution < -0.4 is 10.3 Å². The summed E-state index contributed by atoms with van der Waals surface area (Å²) in [5.74, 6) is -0.989. The lowest BCUT2D eigenvalue weighted by atomic mass is 9.98. The SMILES string of the molecule is CCc1nnc(N2C(=O)c3oc4ccc(C)cc4c(=O)c3[C@H]2c2cccc(F)c2)s1. The molecule has 4 aromatic rings. The highest BCUT2D eigenvalue weighted by atomic mass is 32.1. The van der Waals surface area contributed by atoms with E-state index in [1.807, 2.05) is 19.9 Å². The minimum absolute atomic E-state index is 0.0427. The molecule has 1 amide bonds. The number of halogens is 1. The van der Waals surface area contributed by atoms with Crippen LogP contribution in [0.15, 0.2) is 51.7 Å². The number of rotatable bonds is 3. The molecule has 6 nitrogen and oxygen atoms in total. The van der Waals surface area contributed by atoms with Crippen molar-refractivity contribution >= 4 is 33.3 Å². The zero-order valence-corrected chi connectivity index (χ0v) is 17.0. The number of fused-ring (bicyclic) bond motifs is 2. The van der Waals surface area contributed by atoms with Gasteiger partial charge in [-0.2, -0.15) is 0 Å². The Kier molecular flexibility index (Phi) is 4.25. The van der Waals surface area contributed by atoms with Gasteiger partial charge >= 0.3 is 0 Å². The van der Waals surface area contributed by atoms with E-state index in [0.29, 0.717) is 28.1 Å². The number of benzene rings is 2. The Bertz CT molecular complexity index is 1380. The standard InChI is InChI=1S/C22H16FN3O3S/c1-3-16-24-25-22(30-16)26-18(12-5-4-6-13(23)10-12)17-19(27)14-9-11(2)7-8-15(14)29-20(17)21(26)28/h4-10,18H,3H2,1-2H3/t18-/m1/s1. The summed E-state index contributed by atoms with van der Waals surface area (Å²) in [6.45, 7) is 3.82. The molecule has 0 radical (unpaired) electrons. The predicted molar refractivity (Wildman–Crippen MR) is 112 cm³/mol. The first-order valence-electron chi connectivity index (χ1n) is 9.46. The van der Waals surface area contributed by atoms with Gasteiger partial charge in [0.2, 0.25) is 10.9 Å². The molecule has 150 valence electrons. The van der Waals surface area contributed by atoms with Crippen molar-refractivity contribution in [2.24, 2.45) is 0 Å². The lowest BCUT2D eigenvalue weighted by Gasteiger charge is -2.22. The van der Waals surface area contributed by atoms with Crippen molar-refractivity contribution < 1.29 is 13.6 Å². The Morgan fingerprint density at radius 3 is 2.73 bits per heavy atom. The number of hydrogen-bond acceptors (Lipinski definition) is 6. The monoisotopic (exact) mass is 421 g/mol. The zero-order chi connectivity index (χ0) is 21.0. The lowest BCUT2D eigenvalue weighted by molar-refractivity contribution is 0.0970. The summed E-state index contributed by atoms with van der Waals surface area (Å²) >= 11 is 1.27. The largest absolute Gasteiger partial charge is 0.450 e. The number of anilines is 1. The van der Waals surface area contributed by atoms with E-state index in [1.54, 1.807) is 24.3 Å². The second-order valence-electron chi connectivity index (χ2n) is 7.14. The van der Waals surface area contributed by atoms with Crippen LogP contribution in [-0.4, -0.2) is 16.1 Å². The normalized spacial score (nSPS) is 15.8. The zero-order valence-electron chi connectivity index (χ0n) is 16.2. The van der Waals surface area contributed by atoms with Gasteiger partial charge in [-0.3, -0.25) is 14.5 Å². The third-order valence-electron chi connectivity index (χ3n) is 5.15. The lowest BCUT2D eigenvalue weighted by Crippen LogP contribution is -2.29. The van der Waals surface area contributed by atoms with Crippen LogP contribution in [0.25, 0.3) is 11.0 Å². The number of aryl methyl sites for hydroxylation is 2. The summed E-state index contributed by atoms with van der Waals surface area (Å²) in [7, 11) is 0. The molecule has 0 spiro atoms. The molecule has 0 aliphatic carbocycles. The van der Waals surface area contributed by atoms with Gasteiger partial charge in [-0.1, -0.05) is 42.0 Å². The molecule has 2 aromatic heterocycles. The van der Waals surface area contributed by atoms with Gasteiger partial charge in [-0.25, -0.2) is 4.39 Å². The second-order valence-corrected chi connectivity index (χ2v) is 8.18. The average molecular weight is 421 g/mol. The Morgan fingerprint density at radius 2 is 2.00 bits per heavy atom. The molecule has 8 heteroatoms. The molecule has 1 aliphatic heterocycles. The summed E-state index contributed by atoms with van der Waals surface area (Å²) in [5.41, 5.74) is 1.59. The van der Waals surface area contributed by atoms with E-state index in [4.69, 9.17) is 4.42 Å². The van der Waals surface area contributed by atoms with E-state index in [2.05, 4.69) is 10.2 Å². The van der Waals surface area contributed by atoms with Crippen LogP contribution >= 0.6 is 11.3 Å². The molecular weight excluding hydrogens is 405 g/mol. The molecule has 0 saturated heterocycles. The van der Waals surface area contributed by atoms with Gasteiger partial charge in [0.05, 0.1) is 17.0 Å². The van der Waals surface area contributed by atoms with Gasteiger partial charge in [0.15, 0.2) is 5.43 Å². The van der Waals surface area contributed by atoms with E-state index in [0.717, 1.165) is 10.6 Å². The van der Waals surface area contributed by atoms with Gasteiger partial charge in [-0.05, 0) is 43.2 Å². The molecule has 0 unspecified atom stereocenters. The van der Waals surface area contributed by atoms with E-state index in [1.165, 1.54) is 28.4 Å². The molecule has 1 atom stereocenters. The summed E-state index contributed by atoms with van der Waals surface area (Å²) in [4.78, 5) is 28.2. The summed E-state index contributed by atoms with van der Waals surface area (Å²) < 4.78 is 19.9. The smallest absolute Gasteiger partial charge is 0.297 e. The highest BCUT2D eigenvalue weighted by molar-refractivity contribution is 7.15. The number of nitrogens with zero attached hydrogens (tertiary/aromatic N) is 3. The number of aromatic nitrogens is 2. The van der Waals surface area contributed by atoms with E-state index >= 15 is 0 Å². The minimum atomic E-state index is -0.845. The molecule has 2 aromatic carbocycles. The summed E-state index contributed by atoms with van der Waals surface area (Å²) in [6, 6.07) is 10.3. The van der Waals surface area contributed by atoms with Crippen LogP contribution in [0.1, 0.15) is 45.2 Å². The van der Waals surface area contributed by atoms with Gasteiger partial charge < -0.3 is 4.42 Å². The maximum atomic E-state index is 14.1. The third-order valence-corrected chi connectivity index (χ3v) is 6.22. The quantitative estimate of drug-likeness (QED) is 0.490. The topological polar surface area (TPSA) is 76.3 Å². The maximum Gasteiger partial charge on any atom is 0.297 e. The Balaban J connectivity index is 1.82. The number of carbonyl (C=O) groups excluding carboxylic acids is 1. The minimum Gasteiger partial charge on any atom is -0.450 e. The van der Waals surface area contributed by atoms with Crippen molar-refractivity contribution in [3.63, 3.8) is 0 Å². The van der Waals surface area contributed by atoms with Crippen molar-refractivity contribution in [1.82, 2.24) is 10.2 Å². The molecule has 0 bridgehead atoms. The van der Waals surface area contributed by atoms with Crippen LogP contribution in [0.3, 0.4) is 0 Å². The fourth-order valence-electron chi connectivity index (χ4n) is 3.76. The first-order chi connectivity index (χ1) is 14.5. The van der Waals surface area contributed by atoms with Gasteiger partial charge in [0.1, 0.15) is 16.4 Å². The van der Waals surface area contributed by atoms with Gasteiger partial charge in [0.25, 0.3) is 5.91 Å². The average Bonchev–Trinajstić information content (AvgIpc) is 3.31. The van der Waals surface area contributed by atoms with Crippen LogP contribution in [0, 0.1) is 12.7 Å².